The molecule has 1 saturated carbocycles. The van der Waals surface area contributed by atoms with Gasteiger partial charge in [-0.25, -0.2) is 0 Å². The largest absolute Gasteiger partial charge is 0.311 e. The summed E-state index contributed by atoms with van der Waals surface area (Å²) in [6.45, 7) is 1.28. The summed E-state index contributed by atoms with van der Waals surface area (Å²) in [6.07, 6.45) is 11.7. The highest BCUT2D eigenvalue weighted by molar-refractivity contribution is 5.85. The first-order valence-corrected chi connectivity index (χ1v) is 5.16. The van der Waals surface area contributed by atoms with Crippen molar-refractivity contribution in [2.45, 2.75) is 56.9 Å². The van der Waals surface area contributed by atoms with Crippen LogP contribution in [0, 0.1) is 0 Å². The maximum atomic E-state index is 3.71. The molecular weight excluding hydrogens is 170 g/mol. The molecule has 2 fully saturated rings. The SMILES string of the molecule is C1CCCC2(CC1)CCCN2.Cl. The molecule has 2 aliphatic rings. The van der Waals surface area contributed by atoms with Gasteiger partial charge in [-0.05, 0) is 32.2 Å². The van der Waals surface area contributed by atoms with E-state index in [1.165, 1.54) is 57.9 Å². The van der Waals surface area contributed by atoms with Gasteiger partial charge in [-0.3, -0.25) is 0 Å². The van der Waals surface area contributed by atoms with Crippen LogP contribution in [0.2, 0.25) is 0 Å². The van der Waals surface area contributed by atoms with Gasteiger partial charge in [0.05, 0.1) is 0 Å². The molecule has 1 aliphatic heterocycles. The summed E-state index contributed by atoms with van der Waals surface area (Å²) in [7, 11) is 0. The van der Waals surface area contributed by atoms with Gasteiger partial charge in [-0.2, -0.15) is 0 Å². The average Bonchev–Trinajstić information content (AvgIpc) is 2.32. The van der Waals surface area contributed by atoms with Crippen molar-refractivity contribution < 1.29 is 0 Å². The second kappa shape index (κ2) is 4.48. The van der Waals surface area contributed by atoms with E-state index in [1.54, 1.807) is 0 Å². The Balaban J connectivity index is 0.000000720. The minimum absolute atomic E-state index is 0. The Morgan fingerprint density at radius 2 is 1.33 bits per heavy atom. The molecule has 0 aromatic heterocycles. The number of rotatable bonds is 0. The van der Waals surface area contributed by atoms with Gasteiger partial charge in [0.25, 0.3) is 0 Å². The number of halogens is 1. The van der Waals surface area contributed by atoms with Crippen LogP contribution in [0.5, 0.6) is 0 Å². The van der Waals surface area contributed by atoms with Crippen molar-refractivity contribution in [1.82, 2.24) is 5.32 Å². The van der Waals surface area contributed by atoms with Crippen molar-refractivity contribution >= 4 is 12.4 Å². The lowest BCUT2D eigenvalue weighted by Crippen LogP contribution is -2.38. The molecule has 2 rings (SSSR count). The Morgan fingerprint density at radius 3 is 1.83 bits per heavy atom. The van der Waals surface area contributed by atoms with E-state index < -0.39 is 0 Å². The first-order valence-electron chi connectivity index (χ1n) is 5.16. The van der Waals surface area contributed by atoms with Crippen molar-refractivity contribution in [2.24, 2.45) is 0 Å². The van der Waals surface area contributed by atoms with E-state index in [0.29, 0.717) is 5.54 Å². The molecular formula is C10H20ClN. The smallest absolute Gasteiger partial charge is 0.0182 e. The Bertz CT molecular complexity index is 120. The molecule has 12 heavy (non-hydrogen) atoms. The quantitative estimate of drug-likeness (QED) is 0.618. The number of hydrogen-bond acceptors (Lipinski definition) is 1. The van der Waals surface area contributed by atoms with Gasteiger partial charge in [-0.1, -0.05) is 25.7 Å². The fraction of sp³-hybridized carbons (Fsp3) is 1.00. The topological polar surface area (TPSA) is 12.0 Å². The summed E-state index contributed by atoms with van der Waals surface area (Å²) in [4.78, 5) is 0. The third-order valence-electron chi connectivity index (χ3n) is 3.39. The zero-order chi connectivity index (χ0) is 7.57. The minimum Gasteiger partial charge on any atom is -0.311 e. The van der Waals surface area contributed by atoms with E-state index >= 15 is 0 Å². The van der Waals surface area contributed by atoms with Crippen LogP contribution in [0.1, 0.15) is 51.4 Å². The van der Waals surface area contributed by atoms with E-state index in [2.05, 4.69) is 5.32 Å². The number of nitrogens with one attached hydrogen (secondary N) is 1. The third kappa shape index (κ3) is 2.14. The Labute approximate surface area is 81.7 Å². The second-order valence-electron chi connectivity index (χ2n) is 4.22. The molecule has 1 saturated heterocycles. The lowest BCUT2D eigenvalue weighted by Gasteiger charge is -2.27. The van der Waals surface area contributed by atoms with Crippen LogP contribution < -0.4 is 5.32 Å². The summed E-state index contributed by atoms with van der Waals surface area (Å²) >= 11 is 0. The predicted molar refractivity (Wildman–Crippen MR) is 54.9 cm³/mol. The van der Waals surface area contributed by atoms with E-state index in [9.17, 15) is 0 Å². The molecule has 1 spiro atoms. The van der Waals surface area contributed by atoms with E-state index in [-0.39, 0.29) is 12.4 Å². The molecule has 0 atom stereocenters. The Kier molecular flexibility index (Phi) is 3.85. The molecule has 0 amide bonds. The fourth-order valence-electron chi connectivity index (χ4n) is 2.70. The minimum atomic E-state index is 0. The van der Waals surface area contributed by atoms with Crippen LogP contribution in [-0.4, -0.2) is 12.1 Å². The highest BCUT2D eigenvalue weighted by Crippen LogP contribution is 2.33. The van der Waals surface area contributed by atoms with Crippen molar-refractivity contribution in [3.8, 4) is 0 Å². The maximum absolute atomic E-state index is 3.71. The van der Waals surface area contributed by atoms with E-state index in [4.69, 9.17) is 0 Å². The average molecular weight is 190 g/mol. The van der Waals surface area contributed by atoms with Crippen LogP contribution in [-0.2, 0) is 0 Å². The summed E-state index contributed by atoms with van der Waals surface area (Å²) in [5.74, 6) is 0. The van der Waals surface area contributed by atoms with Gasteiger partial charge in [-0.15, -0.1) is 12.4 Å². The molecule has 1 N–H and O–H groups in total. The zero-order valence-corrected chi connectivity index (χ0v) is 8.59. The predicted octanol–water partition coefficient (Wildman–Crippen LogP) is 2.88. The normalized spacial score (nSPS) is 28.0. The lowest BCUT2D eigenvalue weighted by molar-refractivity contribution is 0.329. The highest BCUT2D eigenvalue weighted by Gasteiger charge is 2.32. The van der Waals surface area contributed by atoms with Crippen molar-refractivity contribution in [1.29, 1.82) is 0 Å². The molecule has 1 nitrogen and oxygen atoms in total. The Hall–Kier alpha value is 0.250. The number of hydrogen-bond donors (Lipinski definition) is 1. The van der Waals surface area contributed by atoms with Crippen molar-refractivity contribution in [2.75, 3.05) is 6.54 Å². The monoisotopic (exact) mass is 189 g/mol. The summed E-state index contributed by atoms with van der Waals surface area (Å²) in [5, 5.41) is 3.71. The molecule has 1 aliphatic carbocycles. The van der Waals surface area contributed by atoms with E-state index in [0.717, 1.165) is 0 Å². The van der Waals surface area contributed by atoms with Crippen LogP contribution >= 0.6 is 12.4 Å². The molecule has 0 bridgehead atoms. The van der Waals surface area contributed by atoms with Crippen LogP contribution in [0.4, 0.5) is 0 Å². The first kappa shape index (κ1) is 10.3. The molecule has 0 unspecified atom stereocenters. The van der Waals surface area contributed by atoms with Crippen LogP contribution in [0.15, 0.2) is 0 Å². The van der Waals surface area contributed by atoms with Gasteiger partial charge >= 0.3 is 0 Å². The van der Waals surface area contributed by atoms with Gasteiger partial charge in [0.15, 0.2) is 0 Å². The summed E-state index contributed by atoms with van der Waals surface area (Å²) in [5.41, 5.74) is 0.608. The molecule has 0 aromatic rings. The Morgan fingerprint density at radius 1 is 0.750 bits per heavy atom. The van der Waals surface area contributed by atoms with Crippen molar-refractivity contribution in [3.63, 3.8) is 0 Å². The van der Waals surface area contributed by atoms with Crippen LogP contribution in [0.25, 0.3) is 0 Å². The van der Waals surface area contributed by atoms with Crippen molar-refractivity contribution in [3.05, 3.63) is 0 Å². The van der Waals surface area contributed by atoms with E-state index in [1.807, 2.05) is 0 Å². The third-order valence-corrected chi connectivity index (χ3v) is 3.39. The van der Waals surface area contributed by atoms with Crippen LogP contribution in [0.3, 0.4) is 0 Å². The molecule has 72 valence electrons. The van der Waals surface area contributed by atoms with Gasteiger partial charge < -0.3 is 5.32 Å². The maximum Gasteiger partial charge on any atom is 0.0182 e. The summed E-state index contributed by atoms with van der Waals surface area (Å²) in [6, 6.07) is 0. The first-order chi connectivity index (χ1) is 5.41. The summed E-state index contributed by atoms with van der Waals surface area (Å²) < 4.78 is 0. The zero-order valence-electron chi connectivity index (χ0n) is 7.77. The second-order valence-corrected chi connectivity index (χ2v) is 4.22. The highest BCUT2D eigenvalue weighted by atomic mass is 35.5. The van der Waals surface area contributed by atoms with Gasteiger partial charge in [0, 0.05) is 5.54 Å². The fourth-order valence-corrected chi connectivity index (χ4v) is 2.70. The molecule has 0 aromatic carbocycles. The molecule has 1 heterocycles. The molecule has 0 radical (unpaired) electrons. The van der Waals surface area contributed by atoms with Gasteiger partial charge in [0.2, 0.25) is 0 Å². The molecule has 2 heteroatoms. The standard InChI is InChI=1S/C10H19N.ClH/c1-2-4-7-10(6-3-1)8-5-9-11-10;/h11H,1-9H2;1H. The van der Waals surface area contributed by atoms with Gasteiger partial charge in [0.1, 0.15) is 0 Å². The lowest BCUT2D eigenvalue weighted by atomic mass is 9.89.